The van der Waals surface area contributed by atoms with Gasteiger partial charge in [0, 0.05) is 24.1 Å². The number of aliphatic carboxylic acids is 1. The molecule has 1 unspecified atom stereocenters. The van der Waals surface area contributed by atoms with E-state index in [-0.39, 0.29) is 23.6 Å². The molecule has 0 spiro atoms. The van der Waals surface area contributed by atoms with Gasteiger partial charge in [0.1, 0.15) is 5.75 Å². The molecule has 0 aromatic heterocycles. The summed E-state index contributed by atoms with van der Waals surface area (Å²) in [5, 5.41) is 29.7. The standard InChI is InChI=1S/C27H33ClO5/c28-24-17-26(30)23(22(24)13-6-1-2-7-14-27(31)32)18-33-21-12-8-11-20(16-21)25(29)15-19-9-4-3-5-10-19/h1,3-6,8-12,16,22-26,29-30H,2,7,13-15,17-18H2,(H,31,32)/b6-1-/t22?,23-,24-,25-,26-/m1/s1. The lowest BCUT2D eigenvalue weighted by Crippen LogP contribution is -2.27. The molecular formula is C27H33ClO5. The molecule has 0 heterocycles. The first-order valence-electron chi connectivity index (χ1n) is 11.6. The molecular weight excluding hydrogens is 440 g/mol. The third-order valence-corrected chi connectivity index (χ3v) is 6.77. The van der Waals surface area contributed by atoms with Gasteiger partial charge < -0.3 is 20.1 Å². The minimum absolute atomic E-state index is 0.0873. The SMILES string of the molecule is O=C(O)CCC/C=C\CC1[C@H](Cl)C[C@@H](O)[C@@H]1COc1cccc([C@H](O)Cc2ccccc2)c1. The van der Waals surface area contributed by atoms with Crippen molar-refractivity contribution in [3.8, 4) is 5.75 Å². The Bertz CT molecular complexity index is 900. The zero-order chi connectivity index (χ0) is 23.6. The predicted octanol–water partition coefficient (Wildman–Crippen LogP) is 5.15. The molecule has 33 heavy (non-hydrogen) atoms. The molecule has 5 nitrogen and oxygen atoms in total. The molecule has 0 aliphatic heterocycles. The number of aliphatic hydroxyl groups is 2. The van der Waals surface area contributed by atoms with Crippen molar-refractivity contribution in [1.82, 2.24) is 0 Å². The highest BCUT2D eigenvalue weighted by molar-refractivity contribution is 6.21. The summed E-state index contributed by atoms with van der Waals surface area (Å²) in [6, 6.07) is 17.3. The summed E-state index contributed by atoms with van der Waals surface area (Å²) in [5.41, 5.74) is 1.86. The Balaban J connectivity index is 1.54. The molecule has 5 atom stereocenters. The van der Waals surface area contributed by atoms with E-state index in [2.05, 4.69) is 0 Å². The Kier molecular flexibility index (Phi) is 9.79. The molecule has 0 bridgehead atoms. The largest absolute Gasteiger partial charge is 0.493 e. The first kappa shape index (κ1) is 25.3. The monoisotopic (exact) mass is 472 g/mol. The highest BCUT2D eigenvalue weighted by Crippen LogP contribution is 2.39. The average molecular weight is 473 g/mol. The summed E-state index contributed by atoms with van der Waals surface area (Å²) < 4.78 is 6.03. The number of unbranched alkanes of at least 4 members (excludes halogenated alkanes) is 1. The van der Waals surface area contributed by atoms with E-state index in [1.54, 1.807) is 0 Å². The third kappa shape index (κ3) is 7.88. The van der Waals surface area contributed by atoms with Crippen LogP contribution in [-0.4, -0.2) is 39.4 Å². The van der Waals surface area contributed by atoms with Crippen molar-refractivity contribution in [3.63, 3.8) is 0 Å². The first-order valence-corrected chi connectivity index (χ1v) is 12.0. The topological polar surface area (TPSA) is 87.0 Å². The lowest BCUT2D eigenvalue weighted by molar-refractivity contribution is -0.137. The molecule has 6 heteroatoms. The Morgan fingerprint density at radius 2 is 1.91 bits per heavy atom. The Morgan fingerprint density at radius 3 is 2.67 bits per heavy atom. The number of halogens is 1. The minimum atomic E-state index is -0.781. The Labute approximate surface area is 200 Å². The van der Waals surface area contributed by atoms with Crippen LogP contribution in [0.15, 0.2) is 66.7 Å². The average Bonchev–Trinajstić information content (AvgIpc) is 3.07. The van der Waals surface area contributed by atoms with Gasteiger partial charge >= 0.3 is 5.97 Å². The van der Waals surface area contributed by atoms with Gasteiger partial charge in [-0.2, -0.15) is 0 Å². The number of rotatable bonds is 12. The smallest absolute Gasteiger partial charge is 0.303 e. The van der Waals surface area contributed by atoms with Crippen molar-refractivity contribution in [2.45, 2.75) is 56.1 Å². The van der Waals surface area contributed by atoms with Gasteiger partial charge in [-0.3, -0.25) is 4.79 Å². The van der Waals surface area contributed by atoms with Gasteiger partial charge in [-0.1, -0.05) is 54.6 Å². The fourth-order valence-electron chi connectivity index (χ4n) is 4.39. The molecule has 3 N–H and O–H groups in total. The molecule has 1 saturated carbocycles. The summed E-state index contributed by atoms with van der Waals surface area (Å²) in [6.07, 6.45) is 6.16. The van der Waals surface area contributed by atoms with Crippen molar-refractivity contribution in [2.24, 2.45) is 11.8 Å². The van der Waals surface area contributed by atoms with Crippen LogP contribution < -0.4 is 4.74 Å². The zero-order valence-corrected chi connectivity index (χ0v) is 19.5. The van der Waals surface area contributed by atoms with Crippen LogP contribution in [0.25, 0.3) is 0 Å². The molecule has 178 valence electrons. The summed E-state index contributed by atoms with van der Waals surface area (Å²) in [7, 11) is 0. The summed E-state index contributed by atoms with van der Waals surface area (Å²) >= 11 is 6.51. The van der Waals surface area contributed by atoms with E-state index in [0.29, 0.717) is 38.0 Å². The number of hydrogen-bond donors (Lipinski definition) is 3. The highest BCUT2D eigenvalue weighted by atomic mass is 35.5. The molecule has 2 aromatic carbocycles. The maximum Gasteiger partial charge on any atom is 0.303 e. The molecule has 2 aromatic rings. The maximum atomic E-state index is 10.6. The highest BCUT2D eigenvalue weighted by Gasteiger charge is 2.41. The molecule has 1 fully saturated rings. The molecule has 0 radical (unpaired) electrons. The summed E-state index contributed by atoms with van der Waals surface area (Å²) in [6.45, 7) is 0.347. The molecule has 0 amide bonds. The quantitative estimate of drug-likeness (QED) is 0.226. The normalized spacial score (nSPS) is 23.6. The second-order valence-electron chi connectivity index (χ2n) is 8.73. The van der Waals surface area contributed by atoms with E-state index in [0.717, 1.165) is 17.5 Å². The van der Waals surface area contributed by atoms with Crippen LogP contribution in [-0.2, 0) is 11.2 Å². The predicted molar refractivity (Wildman–Crippen MR) is 130 cm³/mol. The van der Waals surface area contributed by atoms with E-state index in [9.17, 15) is 15.0 Å². The van der Waals surface area contributed by atoms with Crippen LogP contribution in [0.4, 0.5) is 0 Å². The van der Waals surface area contributed by atoms with Crippen molar-refractivity contribution in [1.29, 1.82) is 0 Å². The fourth-order valence-corrected chi connectivity index (χ4v) is 4.86. The van der Waals surface area contributed by atoms with Crippen LogP contribution in [0.1, 0.15) is 49.3 Å². The third-order valence-electron chi connectivity index (χ3n) is 6.27. The van der Waals surface area contributed by atoms with Gasteiger partial charge in [-0.15, -0.1) is 11.6 Å². The zero-order valence-electron chi connectivity index (χ0n) is 18.7. The Hall–Kier alpha value is -2.34. The lowest BCUT2D eigenvalue weighted by atomic mass is 9.92. The number of alkyl halides is 1. The Morgan fingerprint density at radius 1 is 1.12 bits per heavy atom. The van der Waals surface area contributed by atoms with Gasteiger partial charge in [-0.25, -0.2) is 0 Å². The number of carboxylic acids is 1. The van der Waals surface area contributed by atoms with Gasteiger partial charge in [0.2, 0.25) is 0 Å². The molecule has 0 saturated heterocycles. The number of ether oxygens (including phenoxy) is 1. The number of hydrogen-bond acceptors (Lipinski definition) is 4. The fraction of sp³-hybridized carbons (Fsp3) is 0.444. The van der Waals surface area contributed by atoms with Gasteiger partial charge in [0.05, 0.1) is 18.8 Å². The minimum Gasteiger partial charge on any atom is -0.493 e. The molecule has 1 aliphatic carbocycles. The van der Waals surface area contributed by atoms with Crippen LogP contribution >= 0.6 is 11.6 Å². The van der Waals surface area contributed by atoms with Gasteiger partial charge in [0.25, 0.3) is 0 Å². The van der Waals surface area contributed by atoms with Crippen LogP contribution in [0, 0.1) is 11.8 Å². The van der Waals surface area contributed by atoms with E-state index >= 15 is 0 Å². The van der Waals surface area contributed by atoms with Gasteiger partial charge in [0.15, 0.2) is 0 Å². The second-order valence-corrected chi connectivity index (χ2v) is 9.29. The van der Waals surface area contributed by atoms with E-state index in [1.807, 2.05) is 66.7 Å². The van der Waals surface area contributed by atoms with Gasteiger partial charge in [-0.05, 0) is 54.9 Å². The second kappa shape index (κ2) is 12.8. The van der Waals surface area contributed by atoms with Crippen LogP contribution in [0.3, 0.4) is 0 Å². The summed E-state index contributed by atoms with van der Waals surface area (Å²) in [5.74, 6) is -0.122. The first-order chi connectivity index (χ1) is 15.9. The number of allylic oxidation sites excluding steroid dienone is 2. The van der Waals surface area contributed by atoms with Crippen molar-refractivity contribution in [2.75, 3.05) is 6.61 Å². The maximum absolute atomic E-state index is 10.6. The van der Waals surface area contributed by atoms with Crippen LogP contribution in [0.2, 0.25) is 0 Å². The lowest BCUT2D eigenvalue weighted by Gasteiger charge is -2.23. The van der Waals surface area contributed by atoms with Crippen molar-refractivity contribution in [3.05, 3.63) is 77.9 Å². The number of aliphatic hydroxyl groups excluding tert-OH is 2. The molecule has 3 rings (SSSR count). The van der Waals surface area contributed by atoms with E-state index in [1.165, 1.54) is 0 Å². The van der Waals surface area contributed by atoms with E-state index < -0.39 is 18.2 Å². The number of benzene rings is 2. The van der Waals surface area contributed by atoms with Crippen molar-refractivity contribution < 1.29 is 24.9 Å². The van der Waals surface area contributed by atoms with E-state index in [4.69, 9.17) is 21.4 Å². The number of carboxylic acid groups (broad SMARTS) is 1. The number of carbonyl (C=O) groups is 1. The molecule has 1 aliphatic rings. The van der Waals surface area contributed by atoms with Crippen molar-refractivity contribution >= 4 is 17.6 Å². The summed E-state index contributed by atoms with van der Waals surface area (Å²) in [4.78, 5) is 10.6. The van der Waals surface area contributed by atoms with Crippen LogP contribution in [0.5, 0.6) is 5.75 Å².